The molecule has 7 heteroatoms. The lowest BCUT2D eigenvalue weighted by atomic mass is 10.2. The summed E-state index contributed by atoms with van der Waals surface area (Å²) in [7, 11) is 0. The zero-order valence-corrected chi connectivity index (χ0v) is 11.2. The van der Waals surface area contributed by atoms with E-state index in [0.29, 0.717) is 22.3 Å². The first-order valence-electron chi connectivity index (χ1n) is 5.53. The standard InChI is InChI=1S/C12H12N4O2S/c1-7-11(17)16-9-5-8(3-4-10(9)18-7)15-12(19-2)14-6-13/h3-5,7H,1-2H3,(H,14,15)(H,16,17). The van der Waals surface area contributed by atoms with Crippen molar-refractivity contribution in [2.24, 2.45) is 4.99 Å². The Labute approximate surface area is 114 Å². The molecule has 0 fully saturated rings. The molecule has 0 aliphatic carbocycles. The second-order valence-corrected chi connectivity index (χ2v) is 4.58. The van der Waals surface area contributed by atoms with Gasteiger partial charge in [0.1, 0.15) is 5.75 Å². The summed E-state index contributed by atoms with van der Waals surface area (Å²) in [4.78, 5) is 15.8. The summed E-state index contributed by atoms with van der Waals surface area (Å²) in [5, 5.41) is 14.3. The van der Waals surface area contributed by atoms with E-state index < -0.39 is 6.10 Å². The molecule has 1 aromatic rings. The Hall–Kier alpha value is -2.20. The topological polar surface area (TPSA) is 86.5 Å². The van der Waals surface area contributed by atoms with Crippen LogP contribution in [-0.4, -0.2) is 23.4 Å². The number of amidine groups is 1. The minimum Gasteiger partial charge on any atom is -0.479 e. The maximum atomic E-state index is 11.5. The maximum Gasteiger partial charge on any atom is 0.265 e. The third-order valence-corrected chi connectivity index (χ3v) is 3.06. The molecule has 19 heavy (non-hydrogen) atoms. The van der Waals surface area contributed by atoms with Crippen LogP contribution in [0.3, 0.4) is 0 Å². The Morgan fingerprint density at radius 1 is 1.63 bits per heavy atom. The van der Waals surface area contributed by atoms with Gasteiger partial charge in [0, 0.05) is 0 Å². The summed E-state index contributed by atoms with van der Waals surface area (Å²) in [5.74, 6) is 0.430. The Kier molecular flexibility index (Phi) is 3.92. The van der Waals surface area contributed by atoms with Gasteiger partial charge >= 0.3 is 0 Å². The highest BCUT2D eigenvalue weighted by atomic mass is 32.2. The lowest BCUT2D eigenvalue weighted by Gasteiger charge is -2.23. The number of hydrogen-bond donors (Lipinski definition) is 2. The van der Waals surface area contributed by atoms with Crippen molar-refractivity contribution >= 4 is 34.2 Å². The molecule has 1 heterocycles. The molecule has 1 atom stereocenters. The first kappa shape index (κ1) is 13.2. The smallest absolute Gasteiger partial charge is 0.265 e. The number of carbonyl (C=O) groups excluding carboxylic acids is 1. The molecular formula is C12H12N4O2S. The van der Waals surface area contributed by atoms with E-state index in [9.17, 15) is 4.79 Å². The van der Waals surface area contributed by atoms with Crippen molar-refractivity contribution in [1.82, 2.24) is 5.32 Å². The monoisotopic (exact) mass is 276 g/mol. The molecule has 1 aromatic carbocycles. The first-order valence-corrected chi connectivity index (χ1v) is 6.76. The number of aliphatic imine (C=N–C) groups is 1. The number of rotatable bonds is 1. The van der Waals surface area contributed by atoms with Crippen LogP contribution < -0.4 is 15.4 Å². The summed E-state index contributed by atoms with van der Waals surface area (Å²) < 4.78 is 5.44. The number of fused-ring (bicyclic) bond motifs is 1. The van der Waals surface area contributed by atoms with Gasteiger partial charge in [-0.15, -0.1) is 0 Å². The van der Waals surface area contributed by atoms with Gasteiger partial charge in [-0.25, -0.2) is 4.99 Å². The van der Waals surface area contributed by atoms with Crippen LogP contribution in [0.4, 0.5) is 11.4 Å². The molecule has 0 bridgehead atoms. The Morgan fingerprint density at radius 2 is 2.42 bits per heavy atom. The Morgan fingerprint density at radius 3 is 3.11 bits per heavy atom. The largest absolute Gasteiger partial charge is 0.479 e. The summed E-state index contributed by atoms with van der Waals surface area (Å²) in [6.45, 7) is 1.69. The minimum absolute atomic E-state index is 0.186. The van der Waals surface area contributed by atoms with E-state index in [1.165, 1.54) is 11.8 Å². The van der Waals surface area contributed by atoms with Gasteiger partial charge in [-0.1, -0.05) is 11.8 Å². The normalized spacial score (nSPS) is 17.8. The van der Waals surface area contributed by atoms with Crippen molar-refractivity contribution in [3.05, 3.63) is 18.2 Å². The summed E-state index contributed by atoms with van der Waals surface area (Å²) in [6, 6.07) is 5.21. The van der Waals surface area contributed by atoms with E-state index in [-0.39, 0.29) is 5.91 Å². The molecule has 0 saturated heterocycles. The van der Waals surface area contributed by atoms with Crippen molar-refractivity contribution in [1.29, 1.82) is 5.26 Å². The van der Waals surface area contributed by atoms with Gasteiger partial charge in [0.2, 0.25) is 0 Å². The average molecular weight is 276 g/mol. The molecule has 2 rings (SSSR count). The Balaban J connectivity index is 2.29. The van der Waals surface area contributed by atoms with Gasteiger partial charge in [-0.2, -0.15) is 5.26 Å². The molecule has 98 valence electrons. The number of amides is 1. The van der Waals surface area contributed by atoms with E-state index in [0.717, 1.165) is 0 Å². The van der Waals surface area contributed by atoms with Crippen molar-refractivity contribution in [2.75, 3.05) is 11.6 Å². The Bertz CT molecular complexity index is 580. The van der Waals surface area contributed by atoms with E-state index in [2.05, 4.69) is 15.6 Å². The van der Waals surface area contributed by atoms with Crippen LogP contribution in [0.1, 0.15) is 6.92 Å². The summed E-state index contributed by atoms with van der Waals surface area (Å²) >= 11 is 1.33. The number of carbonyl (C=O) groups is 1. The van der Waals surface area contributed by atoms with Gasteiger partial charge in [0.15, 0.2) is 17.5 Å². The number of anilines is 1. The third-order valence-electron chi connectivity index (χ3n) is 2.48. The second kappa shape index (κ2) is 5.63. The molecule has 2 N–H and O–H groups in total. The fourth-order valence-corrected chi connectivity index (χ4v) is 1.90. The number of thioether (sulfide) groups is 1. The van der Waals surface area contributed by atoms with E-state index >= 15 is 0 Å². The molecular weight excluding hydrogens is 264 g/mol. The molecule has 0 spiro atoms. The number of nitrogens with zero attached hydrogens (tertiary/aromatic N) is 2. The lowest BCUT2D eigenvalue weighted by molar-refractivity contribution is -0.122. The van der Waals surface area contributed by atoms with Crippen LogP contribution in [-0.2, 0) is 4.79 Å². The van der Waals surface area contributed by atoms with E-state index in [4.69, 9.17) is 10.00 Å². The first-order chi connectivity index (χ1) is 9.13. The zero-order chi connectivity index (χ0) is 13.8. The molecule has 0 saturated carbocycles. The summed E-state index contributed by atoms with van der Waals surface area (Å²) in [5.41, 5.74) is 1.21. The van der Waals surface area contributed by atoms with Crippen LogP contribution in [0.5, 0.6) is 5.75 Å². The number of ether oxygens (including phenoxy) is 1. The highest BCUT2D eigenvalue weighted by Crippen LogP contribution is 2.33. The summed E-state index contributed by atoms with van der Waals surface area (Å²) in [6.07, 6.45) is 3.14. The molecule has 1 aliphatic rings. The van der Waals surface area contributed by atoms with E-state index in [1.54, 1.807) is 25.1 Å². The van der Waals surface area contributed by atoms with Gasteiger partial charge in [-0.3, -0.25) is 10.1 Å². The number of nitrogens with one attached hydrogen (secondary N) is 2. The lowest BCUT2D eigenvalue weighted by Crippen LogP contribution is -2.34. The van der Waals surface area contributed by atoms with Gasteiger partial charge in [0.25, 0.3) is 5.91 Å². The number of benzene rings is 1. The SMILES string of the molecule is CSC(=Nc1ccc2c(c1)NC(=O)C(C)O2)NC#N. The van der Waals surface area contributed by atoms with Gasteiger partial charge in [0.05, 0.1) is 11.4 Å². The number of hydrogen-bond acceptors (Lipinski definition) is 5. The predicted octanol–water partition coefficient (Wildman–Crippen LogP) is 1.83. The molecule has 0 radical (unpaired) electrons. The van der Waals surface area contributed by atoms with Crippen LogP contribution >= 0.6 is 11.8 Å². The van der Waals surface area contributed by atoms with Crippen LogP contribution in [0.15, 0.2) is 23.2 Å². The zero-order valence-electron chi connectivity index (χ0n) is 10.4. The van der Waals surface area contributed by atoms with Crippen molar-refractivity contribution in [3.63, 3.8) is 0 Å². The number of nitriles is 1. The molecule has 1 unspecified atom stereocenters. The van der Waals surface area contributed by atoms with E-state index in [1.807, 2.05) is 12.4 Å². The van der Waals surface area contributed by atoms with Crippen molar-refractivity contribution in [3.8, 4) is 11.9 Å². The van der Waals surface area contributed by atoms with Gasteiger partial charge in [-0.05, 0) is 31.4 Å². The highest BCUT2D eigenvalue weighted by molar-refractivity contribution is 8.13. The minimum atomic E-state index is -0.496. The molecule has 1 aliphatic heterocycles. The fraction of sp³-hybridized carbons (Fsp3) is 0.250. The quantitative estimate of drug-likeness (QED) is 0.354. The highest BCUT2D eigenvalue weighted by Gasteiger charge is 2.23. The van der Waals surface area contributed by atoms with Crippen LogP contribution in [0.2, 0.25) is 0 Å². The van der Waals surface area contributed by atoms with Gasteiger partial charge < -0.3 is 10.1 Å². The predicted molar refractivity (Wildman–Crippen MR) is 74.5 cm³/mol. The van der Waals surface area contributed by atoms with Crippen LogP contribution in [0, 0.1) is 11.5 Å². The molecule has 0 aromatic heterocycles. The second-order valence-electron chi connectivity index (χ2n) is 3.79. The van der Waals surface area contributed by atoms with Crippen LogP contribution in [0.25, 0.3) is 0 Å². The third kappa shape index (κ3) is 2.98. The average Bonchev–Trinajstić information content (AvgIpc) is 2.40. The van der Waals surface area contributed by atoms with Crippen molar-refractivity contribution < 1.29 is 9.53 Å². The van der Waals surface area contributed by atoms with Crippen molar-refractivity contribution in [2.45, 2.75) is 13.0 Å². The fourth-order valence-electron chi connectivity index (χ4n) is 1.56. The molecule has 6 nitrogen and oxygen atoms in total. The maximum absolute atomic E-state index is 11.5. The molecule has 1 amide bonds.